The van der Waals surface area contributed by atoms with Crippen molar-refractivity contribution in [2.45, 2.75) is 52.1 Å². The quantitative estimate of drug-likeness (QED) is 0.714. The van der Waals surface area contributed by atoms with Crippen LogP contribution < -0.4 is 10.6 Å². The molecule has 2 N–H and O–H groups in total. The lowest BCUT2D eigenvalue weighted by Gasteiger charge is -2.17. The zero-order chi connectivity index (χ0) is 19.2. The summed E-state index contributed by atoms with van der Waals surface area (Å²) in [5.74, 6) is -0.133. The lowest BCUT2D eigenvalue weighted by molar-refractivity contribution is 0.0935. The second-order valence-electron chi connectivity index (χ2n) is 6.76. The zero-order valence-electron chi connectivity index (χ0n) is 15.6. The molecular formula is C20H25ClN4O2. The predicted octanol–water partition coefficient (Wildman–Crippen LogP) is 3.33. The molecular weight excluding hydrogens is 364 g/mol. The van der Waals surface area contributed by atoms with Crippen LogP contribution in [-0.2, 0) is 19.5 Å². The van der Waals surface area contributed by atoms with Crippen molar-refractivity contribution in [2.24, 2.45) is 0 Å². The van der Waals surface area contributed by atoms with E-state index in [0.29, 0.717) is 36.2 Å². The summed E-state index contributed by atoms with van der Waals surface area (Å²) in [6.07, 6.45) is 4.70. The van der Waals surface area contributed by atoms with Gasteiger partial charge in [0.2, 0.25) is 0 Å². The summed E-state index contributed by atoms with van der Waals surface area (Å²) in [5, 5.41) is 6.46. The summed E-state index contributed by atoms with van der Waals surface area (Å²) in [5.41, 5.74) is 2.21. The van der Waals surface area contributed by atoms with E-state index >= 15 is 0 Å². The smallest absolute Gasteiger partial charge is 0.287 e. The van der Waals surface area contributed by atoms with E-state index in [0.717, 1.165) is 43.4 Å². The maximum Gasteiger partial charge on any atom is 0.287 e. The number of carbonyl (C=O) groups is 2. The first kappa shape index (κ1) is 19.4. The number of nitrogens with zero attached hydrogens (tertiary/aromatic N) is 2. The highest BCUT2D eigenvalue weighted by Crippen LogP contribution is 2.21. The topological polar surface area (TPSA) is 76.0 Å². The zero-order valence-corrected chi connectivity index (χ0v) is 16.3. The van der Waals surface area contributed by atoms with E-state index in [4.69, 9.17) is 11.6 Å². The van der Waals surface area contributed by atoms with Gasteiger partial charge in [-0.05, 0) is 43.4 Å². The first-order chi connectivity index (χ1) is 13.1. The Bertz CT molecular complexity index is 814. The number of fused-ring (bicyclic) bond motifs is 1. The SMILES string of the molecule is CCCCNC(=O)c1nc(C(=O)NCc2ccc(Cl)cc2)n2c1CCCC2. The number of carbonyl (C=O) groups excluding carboxylic acids is 2. The van der Waals surface area contributed by atoms with Crippen LogP contribution in [0.3, 0.4) is 0 Å². The van der Waals surface area contributed by atoms with E-state index < -0.39 is 0 Å². The molecule has 0 spiro atoms. The Balaban J connectivity index is 1.74. The number of imidazole rings is 1. The number of aromatic nitrogens is 2. The fourth-order valence-corrected chi connectivity index (χ4v) is 3.35. The fraction of sp³-hybridized carbons (Fsp3) is 0.450. The van der Waals surface area contributed by atoms with Crippen LogP contribution in [0.2, 0.25) is 5.02 Å². The van der Waals surface area contributed by atoms with Crippen molar-refractivity contribution in [1.29, 1.82) is 0 Å². The Morgan fingerprint density at radius 3 is 2.67 bits per heavy atom. The molecule has 2 aromatic rings. The molecule has 1 aliphatic rings. The lowest BCUT2D eigenvalue weighted by Crippen LogP contribution is -2.27. The van der Waals surface area contributed by atoms with Crippen LogP contribution in [0.5, 0.6) is 0 Å². The van der Waals surface area contributed by atoms with Gasteiger partial charge < -0.3 is 15.2 Å². The number of unbranched alkanes of at least 4 members (excludes halogenated alkanes) is 1. The Morgan fingerprint density at radius 1 is 1.15 bits per heavy atom. The number of hydrogen-bond acceptors (Lipinski definition) is 3. The molecule has 0 atom stereocenters. The highest BCUT2D eigenvalue weighted by Gasteiger charge is 2.27. The molecule has 0 saturated carbocycles. The second-order valence-corrected chi connectivity index (χ2v) is 7.19. The Labute approximate surface area is 164 Å². The number of benzene rings is 1. The third kappa shape index (κ3) is 4.69. The molecule has 0 unspecified atom stereocenters. The summed E-state index contributed by atoms with van der Waals surface area (Å²) in [6, 6.07) is 7.32. The van der Waals surface area contributed by atoms with Crippen molar-refractivity contribution in [1.82, 2.24) is 20.2 Å². The molecule has 144 valence electrons. The molecule has 0 aliphatic carbocycles. The number of hydrogen-bond donors (Lipinski definition) is 2. The van der Waals surface area contributed by atoms with E-state index in [1.807, 2.05) is 16.7 Å². The minimum Gasteiger partial charge on any atom is -0.351 e. The van der Waals surface area contributed by atoms with Crippen LogP contribution in [0, 0.1) is 0 Å². The van der Waals surface area contributed by atoms with Crippen LogP contribution in [0.4, 0.5) is 0 Å². The average Bonchev–Trinajstić information content (AvgIpc) is 3.07. The van der Waals surface area contributed by atoms with E-state index in [9.17, 15) is 9.59 Å². The average molecular weight is 389 g/mol. The van der Waals surface area contributed by atoms with E-state index in [1.54, 1.807) is 12.1 Å². The van der Waals surface area contributed by atoms with Crippen LogP contribution in [0.25, 0.3) is 0 Å². The molecule has 1 aromatic carbocycles. The van der Waals surface area contributed by atoms with Crippen LogP contribution in [0.15, 0.2) is 24.3 Å². The van der Waals surface area contributed by atoms with Gasteiger partial charge in [0.15, 0.2) is 5.82 Å². The van der Waals surface area contributed by atoms with Crippen molar-refractivity contribution in [3.63, 3.8) is 0 Å². The van der Waals surface area contributed by atoms with Crippen molar-refractivity contribution in [3.05, 3.63) is 52.1 Å². The highest BCUT2D eigenvalue weighted by atomic mass is 35.5. The molecule has 2 amide bonds. The number of halogens is 1. The molecule has 3 rings (SSSR count). The molecule has 1 aliphatic heterocycles. The third-order valence-electron chi connectivity index (χ3n) is 4.72. The van der Waals surface area contributed by atoms with Gasteiger partial charge in [0.1, 0.15) is 5.69 Å². The summed E-state index contributed by atoms with van der Waals surface area (Å²) in [6.45, 7) is 3.80. The van der Waals surface area contributed by atoms with Crippen molar-refractivity contribution >= 4 is 23.4 Å². The van der Waals surface area contributed by atoms with E-state index in [1.165, 1.54) is 0 Å². The fourth-order valence-electron chi connectivity index (χ4n) is 3.22. The standard InChI is InChI=1S/C20H25ClN4O2/c1-2-3-11-22-19(26)17-16-6-4-5-12-25(16)18(24-17)20(27)23-13-14-7-9-15(21)10-8-14/h7-10H,2-6,11-13H2,1H3,(H,22,26)(H,23,27). The highest BCUT2D eigenvalue weighted by molar-refractivity contribution is 6.30. The van der Waals surface area contributed by atoms with Crippen LogP contribution in [0.1, 0.15) is 65.0 Å². The monoisotopic (exact) mass is 388 g/mol. The Hall–Kier alpha value is -2.34. The second kappa shape index (κ2) is 9.04. The summed E-state index contributed by atoms with van der Waals surface area (Å²) < 4.78 is 1.90. The summed E-state index contributed by atoms with van der Waals surface area (Å²) >= 11 is 5.89. The Morgan fingerprint density at radius 2 is 1.93 bits per heavy atom. The normalized spacial score (nSPS) is 13.1. The van der Waals surface area contributed by atoms with Gasteiger partial charge in [0.25, 0.3) is 11.8 Å². The van der Waals surface area contributed by atoms with Gasteiger partial charge in [-0.15, -0.1) is 0 Å². The largest absolute Gasteiger partial charge is 0.351 e. The maximum atomic E-state index is 12.7. The first-order valence-corrected chi connectivity index (χ1v) is 9.88. The van der Waals surface area contributed by atoms with Gasteiger partial charge in [0, 0.05) is 24.7 Å². The summed E-state index contributed by atoms with van der Waals surface area (Å²) in [7, 11) is 0. The van der Waals surface area contributed by atoms with Gasteiger partial charge in [-0.1, -0.05) is 37.1 Å². The Kier molecular flexibility index (Phi) is 6.50. The maximum absolute atomic E-state index is 12.7. The van der Waals surface area contributed by atoms with Crippen molar-refractivity contribution in [3.8, 4) is 0 Å². The molecule has 27 heavy (non-hydrogen) atoms. The van der Waals surface area contributed by atoms with Gasteiger partial charge in [-0.2, -0.15) is 0 Å². The van der Waals surface area contributed by atoms with Gasteiger partial charge in [-0.3, -0.25) is 9.59 Å². The molecule has 2 heterocycles. The molecule has 6 nitrogen and oxygen atoms in total. The van der Waals surface area contributed by atoms with Gasteiger partial charge >= 0.3 is 0 Å². The van der Waals surface area contributed by atoms with E-state index in [-0.39, 0.29) is 11.8 Å². The van der Waals surface area contributed by atoms with Crippen LogP contribution >= 0.6 is 11.6 Å². The third-order valence-corrected chi connectivity index (χ3v) is 4.97. The van der Waals surface area contributed by atoms with Crippen molar-refractivity contribution in [2.75, 3.05) is 6.54 Å². The minimum absolute atomic E-state index is 0.189. The number of amides is 2. The minimum atomic E-state index is -0.263. The van der Waals surface area contributed by atoms with Gasteiger partial charge in [0.05, 0.1) is 5.69 Å². The predicted molar refractivity (Wildman–Crippen MR) is 105 cm³/mol. The van der Waals surface area contributed by atoms with Crippen LogP contribution in [-0.4, -0.2) is 27.9 Å². The molecule has 0 radical (unpaired) electrons. The van der Waals surface area contributed by atoms with Gasteiger partial charge in [-0.25, -0.2) is 4.98 Å². The first-order valence-electron chi connectivity index (χ1n) is 9.50. The summed E-state index contributed by atoms with van der Waals surface area (Å²) in [4.78, 5) is 29.6. The molecule has 0 saturated heterocycles. The number of rotatable bonds is 7. The molecule has 1 aromatic heterocycles. The lowest BCUT2D eigenvalue weighted by atomic mass is 10.1. The molecule has 7 heteroatoms. The molecule has 0 bridgehead atoms. The van der Waals surface area contributed by atoms with E-state index in [2.05, 4.69) is 22.5 Å². The number of nitrogens with one attached hydrogen (secondary N) is 2. The molecule has 0 fully saturated rings. The van der Waals surface area contributed by atoms with Crippen molar-refractivity contribution < 1.29 is 9.59 Å².